The lowest BCUT2D eigenvalue weighted by Crippen LogP contribution is -2.49. The van der Waals surface area contributed by atoms with Crippen LogP contribution in [0.25, 0.3) is 0 Å². The van der Waals surface area contributed by atoms with Crippen molar-refractivity contribution in [2.45, 2.75) is 58.5 Å². The normalized spacial score (nSPS) is 16.6. The van der Waals surface area contributed by atoms with Crippen molar-refractivity contribution in [3.8, 4) is 0 Å². The highest BCUT2D eigenvalue weighted by Gasteiger charge is 2.42. The molecule has 0 bridgehead atoms. The van der Waals surface area contributed by atoms with Gasteiger partial charge < -0.3 is 20.9 Å². The highest BCUT2D eigenvalue weighted by molar-refractivity contribution is 5.94. The van der Waals surface area contributed by atoms with E-state index in [1.54, 1.807) is 11.9 Å². The average molecular weight is 416 g/mol. The molecule has 0 heterocycles. The Labute approximate surface area is 180 Å². The number of benzene rings is 1. The van der Waals surface area contributed by atoms with Gasteiger partial charge in [0.1, 0.15) is 0 Å². The van der Waals surface area contributed by atoms with Crippen molar-refractivity contribution in [1.82, 2.24) is 20.9 Å². The molecule has 1 aromatic rings. The number of nitrogens with one attached hydrogen (secondary N) is 3. The van der Waals surface area contributed by atoms with Crippen LogP contribution < -0.4 is 16.0 Å². The van der Waals surface area contributed by atoms with Crippen molar-refractivity contribution in [1.29, 1.82) is 0 Å². The third-order valence-electron chi connectivity index (χ3n) is 5.88. The lowest BCUT2D eigenvalue weighted by atomic mass is 9.84. The summed E-state index contributed by atoms with van der Waals surface area (Å²) in [6, 6.07) is 7.74. The second-order valence-electron chi connectivity index (χ2n) is 8.45. The Hall–Kier alpha value is -2.57. The molecule has 1 atom stereocenters. The van der Waals surface area contributed by atoms with E-state index in [1.165, 1.54) is 0 Å². The van der Waals surface area contributed by atoms with Crippen molar-refractivity contribution in [2.75, 3.05) is 27.7 Å². The summed E-state index contributed by atoms with van der Waals surface area (Å²) < 4.78 is 0. The molecule has 1 unspecified atom stereocenters. The van der Waals surface area contributed by atoms with Crippen molar-refractivity contribution < 1.29 is 9.59 Å². The van der Waals surface area contributed by atoms with Crippen LogP contribution in [0.1, 0.15) is 61.9 Å². The van der Waals surface area contributed by atoms with E-state index in [-0.39, 0.29) is 23.3 Å². The van der Waals surface area contributed by atoms with Gasteiger partial charge in [-0.05, 0) is 43.9 Å². The second kappa shape index (κ2) is 11.0. The molecule has 30 heavy (non-hydrogen) atoms. The molecule has 1 saturated carbocycles. The Morgan fingerprint density at radius 3 is 2.50 bits per heavy atom. The maximum Gasteiger partial charge on any atom is 0.251 e. The van der Waals surface area contributed by atoms with Crippen molar-refractivity contribution in [3.63, 3.8) is 0 Å². The van der Waals surface area contributed by atoms with E-state index >= 15 is 0 Å². The number of rotatable bonds is 8. The van der Waals surface area contributed by atoms with E-state index in [9.17, 15) is 9.59 Å². The Kier molecular flexibility index (Phi) is 8.69. The van der Waals surface area contributed by atoms with Crippen LogP contribution in [0, 0.1) is 5.41 Å². The fourth-order valence-electron chi connectivity index (χ4n) is 3.88. The summed E-state index contributed by atoms with van der Waals surface area (Å²) in [5.41, 5.74) is 1.29. The zero-order valence-corrected chi connectivity index (χ0v) is 19.0. The van der Waals surface area contributed by atoms with Gasteiger partial charge in [-0.3, -0.25) is 14.6 Å². The second-order valence-corrected chi connectivity index (χ2v) is 8.45. The van der Waals surface area contributed by atoms with E-state index in [4.69, 9.17) is 0 Å². The summed E-state index contributed by atoms with van der Waals surface area (Å²) >= 11 is 0. The number of aliphatic imine (C=N–C) groups is 1. The molecule has 7 nitrogen and oxygen atoms in total. The minimum Gasteiger partial charge on any atom is -0.355 e. The first-order chi connectivity index (χ1) is 14.3. The van der Waals surface area contributed by atoms with Crippen LogP contribution in [0.2, 0.25) is 0 Å². The molecule has 2 rings (SSSR count). The van der Waals surface area contributed by atoms with Crippen LogP contribution in [0.5, 0.6) is 0 Å². The number of carbonyl (C=O) groups excluding carboxylic acids is 2. The summed E-state index contributed by atoms with van der Waals surface area (Å²) in [5.74, 6) is 0.782. The smallest absolute Gasteiger partial charge is 0.251 e. The summed E-state index contributed by atoms with van der Waals surface area (Å²) in [4.78, 5) is 31.1. The number of hydrogen-bond acceptors (Lipinski definition) is 3. The monoisotopic (exact) mass is 415 g/mol. The molecular weight excluding hydrogens is 378 g/mol. The minimum absolute atomic E-state index is 0.0564. The van der Waals surface area contributed by atoms with Crippen LogP contribution in [0.15, 0.2) is 29.3 Å². The highest BCUT2D eigenvalue weighted by Crippen LogP contribution is 2.38. The SMILES string of the molecule is CCC(C)NC(=O)c1cccc(CNC(=NC)NCC2(C(=O)N(C)C)CCCC2)c1. The number of hydrogen-bond donors (Lipinski definition) is 3. The number of amides is 2. The molecule has 3 N–H and O–H groups in total. The predicted octanol–water partition coefficient (Wildman–Crippen LogP) is 2.53. The van der Waals surface area contributed by atoms with E-state index in [0.29, 0.717) is 24.6 Å². The lowest BCUT2D eigenvalue weighted by molar-refractivity contribution is -0.138. The molecule has 0 aliphatic heterocycles. The van der Waals surface area contributed by atoms with E-state index in [0.717, 1.165) is 37.7 Å². The zero-order valence-electron chi connectivity index (χ0n) is 19.0. The lowest BCUT2D eigenvalue weighted by Gasteiger charge is -2.31. The van der Waals surface area contributed by atoms with Crippen LogP contribution in [0.3, 0.4) is 0 Å². The van der Waals surface area contributed by atoms with Crippen molar-refractivity contribution >= 4 is 17.8 Å². The van der Waals surface area contributed by atoms with Crippen molar-refractivity contribution in [2.24, 2.45) is 10.4 Å². The third-order valence-corrected chi connectivity index (χ3v) is 5.88. The van der Waals surface area contributed by atoms with Gasteiger partial charge in [0.05, 0.1) is 5.41 Å². The maximum absolute atomic E-state index is 12.7. The quantitative estimate of drug-likeness (QED) is 0.450. The molecule has 0 radical (unpaired) electrons. The molecule has 1 fully saturated rings. The van der Waals surface area contributed by atoms with Crippen LogP contribution in [-0.4, -0.2) is 56.4 Å². The zero-order chi connectivity index (χ0) is 22.1. The van der Waals surface area contributed by atoms with Crippen molar-refractivity contribution in [3.05, 3.63) is 35.4 Å². The fourth-order valence-corrected chi connectivity index (χ4v) is 3.88. The Balaban J connectivity index is 1.95. The number of nitrogens with zero attached hydrogens (tertiary/aromatic N) is 2. The average Bonchev–Trinajstić information content (AvgIpc) is 3.23. The van der Waals surface area contributed by atoms with Gasteiger partial charge in [0.25, 0.3) is 5.91 Å². The fraction of sp³-hybridized carbons (Fsp3) is 0.609. The first-order valence-electron chi connectivity index (χ1n) is 10.9. The molecule has 166 valence electrons. The summed E-state index contributed by atoms with van der Waals surface area (Å²) in [7, 11) is 5.36. The highest BCUT2D eigenvalue weighted by atomic mass is 16.2. The molecule has 1 aliphatic carbocycles. The standard InChI is InChI=1S/C23H37N5O2/c1-6-17(2)27-20(29)19-11-9-10-18(14-19)15-25-22(24-3)26-16-23(12-7-8-13-23)21(30)28(4)5/h9-11,14,17H,6-8,12-13,15-16H2,1-5H3,(H,27,29)(H2,24,25,26). The first kappa shape index (κ1) is 23.7. The molecule has 0 saturated heterocycles. The van der Waals surface area contributed by atoms with E-state index in [2.05, 4.69) is 20.9 Å². The van der Waals surface area contributed by atoms with Gasteiger partial charge in [0.15, 0.2) is 5.96 Å². The Morgan fingerprint density at radius 2 is 1.90 bits per heavy atom. The molecule has 0 aromatic heterocycles. The third kappa shape index (κ3) is 6.21. The topological polar surface area (TPSA) is 85.8 Å². The van der Waals surface area contributed by atoms with Gasteiger partial charge in [-0.25, -0.2) is 0 Å². The summed E-state index contributed by atoms with van der Waals surface area (Å²) in [6.45, 7) is 5.16. The molecule has 7 heteroatoms. The van der Waals surface area contributed by atoms with Gasteiger partial charge in [-0.15, -0.1) is 0 Å². The van der Waals surface area contributed by atoms with Crippen LogP contribution in [-0.2, 0) is 11.3 Å². The van der Waals surface area contributed by atoms with Crippen LogP contribution >= 0.6 is 0 Å². The minimum atomic E-state index is -0.352. The number of carbonyl (C=O) groups is 2. The molecule has 1 aromatic carbocycles. The predicted molar refractivity (Wildman–Crippen MR) is 121 cm³/mol. The van der Waals surface area contributed by atoms with Gasteiger partial charge >= 0.3 is 0 Å². The summed E-state index contributed by atoms with van der Waals surface area (Å²) in [5, 5.41) is 9.63. The largest absolute Gasteiger partial charge is 0.355 e. The van der Waals surface area contributed by atoms with Gasteiger partial charge in [0.2, 0.25) is 5.91 Å². The van der Waals surface area contributed by atoms with Gasteiger partial charge in [-0.2, -0.15) is 0 Å². The molecule has 0 spiro atoms. The van der Waals surface area contributed by atoms with Crippen LogP contribution in [0.4, 0.5) is 0 Å². The maximum atomic E-state index is 12.7. The number of guanidine groups is 1. The molecule has 1 aliphatic rings. The Morgan fingerprint density at radius 1 is 1.20 bits per heavy atom. The summed E-state index contributed by atoms with van der Waals surface area (Å²) in [6.07, 6.45) is 4.87. The van der Waals surface area contributed by atoms with Gasteiger partial charge in [-0.1, -0.05) is 31.9 Å². The Bertz CT molecular complexity index is 754. The molecule has 2 amide bonds. The van der Waals surface area contributed by atoms with E-state index in [1.807, 2.05) is 52.2 Å². The van der Waals surface area contributed by atoms with Gasteiger partial charge in [0, 0.05) is 45.8 Å². The molecular formula is C23H37N5O2. The first-order valence-corrected chi connectivity index (χ1v) is 10.9. The van der Waals surface area contributed by atoms with E-state index < -0.39 is 0 Å².